The molecule has 7 heteroatoms. The fourth-order valence-electron chi connectivity index (χ4n) is 3.68. The molecule has 0 spiro atoms. The van der Waals surface area contributed by atoms with Crippen molar-refractivity contribution >= 4 is 32.3 Å². The molecule has 148 valence electrons. The lowest BCUT2D eigenvalue weighted by Gasteiger charge is -2.07. The number of pyridine rings is 1. The molecule has 3 aromatic heterocycles. The smallest absolute Gasteiger partial charge is 0.333 e. The minimum atomic E-state index is -0.486. The highest BCUT2D eigenvalue weighted by molar-refractivity contribution is 7.22. The van der Waals surface area contributed by atoms with E-state index in [0.717, 1.165) is 26.8 Å². The van der Waals surface area contributed by atoms with Gasteiger partial charge in [-0.05, 0) is 17.2 Å². The van der Waals surface area contributed by atoms with E-state index in [9.17, 15) is 9.59 Å². The van der Waals surface area contributed by atoms with E-state index < -0.39 is 5.69 Å². The molecule has 3 heterocycles. The molecule has 0 unspecified atom stereocenters. The molecule has 0 saturated heterocycles. The van der Waals surface area contributed by atoms with Gasteiger partial charge in [0.15, 0.2) is 0 Å². The van der Waals surface area contributed by atoms with Gasteiger partial charge in [-0.25, -0.2) is 9.36 Å². The van der Waals surface area contributed by atoms with Crippen LogP contribution in [0, 0.1) is 0 Å². The number of hydrogen-bond donors (Lipinski definition) is 1. The van der Waals surface area contributed by atoms with Crippen LogP contribution in [0.25, 0.3) is 37.1 Å². The largest absolute Gasteiger partial charge is 0.380 e. The topological polar surface area (TPSA) is 77.0 Å². The number of aromatic nitrogens is 3. The zero-order chi connectivity index (χ0) is 20.7. The van der Waals surface area contributed by atoms with Crippen molar-refractivity contribution in [2.45, 2.75) is 6.61 Å². The third-order valence-electron chi connectivity index (χ3n) is 5.04. The van der Waals surface area contributed by atoms with Crippen molar-refractivity contribution in [1.29, 1.82) is 0 Å². The van der Waals surface area contributed by atoms with Crippen LogP contribution in [-0.2, 0) is 11.3 Å². The molecule has 5 aromatic rings. The Hall–Kier alpha value is -3.55. The average Bonchev–Trinajstić information content (AvgIpc) is 3.18. The molecule has 0 fully saturated rings. The maximum absolute atomic E-state index is 13.3. The number of nitrogens with zero attached hydrogens (tertiary/aromatic N) is 2. The molecule has 30 heavy (non-hydrogen) atoms. The first-order valence-electron chi connectivity index (χ1n) is 9.36. The van der Waals surface area contributed by atoms with Crippen LogP contribution in [0.1, 0.15) is 5.56 Å². The fraction of sp³-hybridized carbons (Fsp3) is 0.0870. The van der Waals surface area contributed by atoms with Crippen molar-refractivity contribution < 1.29 is 4.74 Å². The van der Waals surface area contributed by atoms with Crippen molar-refractivity contribution in [3.8, 4) is 16.1 Å². The van der Waals surface area contributed by atoms with Crippen molar-refractivity contribution in [3.05, 3.63) is 93.4 Å². The van der Waals surface area contributed by atoms with Gasteiger partial charge in [-0.3, -0.25) is 9.78 Å². The van der Waals surface area contributed by atoms with Gasteiger partial charge in [0, 0.05) is 29.0 Å². The number of fused-ring (bicyclic) bond motifs is 2. The van der Waals surface area contributed by atoms with Gasteiger partial charge < -0.3 is 9.72 Å². The van der Waals surface area contributed by atoms with Crippen LogP contribution in [0.2, 0.25) is 0 Å². The van der Waals surface area contributed by atoms with Gasteiger partial charge in [0.25, 0.3) is 5.56 Å². The molecular weight excluding hydrogens is 398 g/mol. The Morgan fingerprint density at radius 2 is 1.87 bits per heavy atom. The van der Waals surface area contributed by atoms with E-state index in [4.69, 9.17) is 4.74 Å². The molecule has 5 rings (SSSR count). The van der Waals surface area contributed by atoms with Crippen LogP contribution in [0.3, 0.4) is 0 Å². The van der Waals surface area contributed by atoms with Crippen LogP contribution in [0.4, 0.5) is 0 Å². The monoisotopic (exact) mass is 415 g/mol. The number of nitrogens with one attached hydrogen (secondary N) is 1. The van der Waals surface area contributed by atoms with Crippen molar-refractivity contribution in [3.63, 3.8) is 0 Å². The molecular formula is C23H17N3O3S. The molecule has 1 N–H and O–H groups in total. The number of H-pyrrole nitrogens is 1. The molecule has 0 atom stereocenters. The number of hydrogen-bond acceptors (Lipinski definition) is 5. The van der Waals surface area contributed by atoms with Crippen molar-refractivity contribution in [1.82, 2.24) is 14.5 Å². The van der Waals surface area contributed by atoms with Gasteiger partial charge in [0.2, 0.25) is 0 Å². The van der Waals surface area contributed by atoms with E-state index in [0.29, 0.717) is 22.5 Å². The number of rotatable bonds is 4. The fourth-order valence-corrected chi connectivity index (χ4v) is 4.78. The zero-order valence-electron chi connectivity index (χ0n) is 16.1. The molecule has 0 aliphatic rings. The molecule has 0 aliphatic carbocycles. The summed E-state index contributed by atoms with van der Waals surface area (Å²) in [6, 6.07) is 17.3. The summed E-state index contributed by atoms with van der Waals surface area (Å²) < 4.78 is 6.96. The predicted octanol–water partition coefficient (Wildman–Crippen LogP) is 4.10. The van der Waals surface area contributed by atoms with E-state index in [1.807, 2.05) is 54.6 Å². The normalized spacial score (nSPS) is 11.4. The summed E-state index contributed by atoms with van der Waals surface area (Å²) in [7, 11) is 1.65. The standard InChI is InChI=1S/C23H17N3O3S/c1-29-13-15-7-3-5-9-17(15)20-10-18-21(30-20)22(27)26(23(28)25-18)19-12-24-11-14-6-2-4-8-16(14)19/h2-12H,13H2,1H3,(H,25,28). The lowest BCUT2D eigenvalue weighted by Crippen LogP contribution is -2.33. The number of methoxy groups -OCH3 is 1. The number of benzene rings is 2. The quantitative estimate of drug-likeness (QED) is 0.479. The summed E-state index contributed by atoms with van der Waals surface area (Å²) in [5, 5.41) is 1.66. The molecule has 2 aromatic carbocycles. The van der Waals surface area contributed by atoms with Gasteiger partial charge in [-0.1, -0.05) is 48.5 Å². The third kappa shape index (κ3) is 2.96. The Balaban J connectivity index is 1.76. The van der Waals surface area contributed by atoms with Crippen LogP contribution >= 0.6 is 11.3 Å². The molecule has 6 nitrogen and oxygen atoms in total. The second kappa shape index (κ2) is 7.37. The summed E-state index contributed by atoms with van der Waals surface area (Å²) in [5.74, 6) is 0. The van der Waals surface area contributed by atoms with Gasteiger partial charge in [0.05, 0.1) is 24.0 Å². The van der Waals surface area contributed by atoms with Crippen LogP contribution < -0.4 is 11.2 Å². The minimum absolute atomic E-state index is 0.354. The van der Waals surface area contributed by atoms with E-state index >= 15 is 0 Å². The highest BCUT2D eigenvalue weighted by Crippen LogP contribution is 2.33. The van der Waals surface area contributed by atoms with E-state index in [2.05, 4.69) is 9.97 Å². The maximum Gasteiger partial charge on any atom is 0.333 e. The summed E-state index contributed by atoms with van der Waals surface area (Å²) in [5.41, 5.74) is 2.16. The Morgan fingerprint density at radius 1 is 1.07 bits per heavy atom. The van der Waals surface area contributed by atoms with Gasteiger partial charge in [-0.2, -0.15) is 0 Å². The molecule has 0 bridgehead atoms. The number of ether oxygens (including phenoxy) is 1. The summed E-state index contributed by atoms with van der Waals surface area (Å²) >= 11 is 1.36. The van der Waals surface area contributed by atoms with Gasteiger partial charge in [-0.15, -0.1) is 11.3 Å². The summed E-state index contributed by atoms with van der Waals surface area (Å²) in [6.07, 6.45) is 3.26. The summed E-state index contributed by atoms with van der Waals surface area (Å²) in [4.78, 5) is 34.2. The molecule has 0 radical (unpaired) electrons. The van der Waals surface area contributed by atoms with Crippen LogP contribution in [0.5, 0.6) is 0 Å². The van der Waals surface area contributed by atoms with E-state index in [1.165, 1.54) is 15.9 Å². The number of aromatic amines is 1. The first kappa shape index (κ1) is 18.5. The predicted molar refractivity (Wildman–Crippen MR) is 119 cm³/mol. The van der Waals surface area contributed by atoms with E-state index in [1.54, 1.807) is 19.5 Å². The second-order valence-corrected chi connectivity index (χ2v) is 7.95. The molecule has 0 aliphatic heterocycles. The van der Waals surface area contributed by atoms with Crippen LogP contribution in [-0.4, -0.2) is 21.6 Å². The number of thiophene rings is 1. The van der Waals surface area contributed by atoms with Gasteiger partial charge in [0.1, 0.15) is 4.70 Å². The Morgan fingerprint density at radius 3 is 2.73 bits per heavy atom. The zero-order valence-corrected chi connectivity index (χ0v) is 16.9. The SMILES string of the molecule is COCc1ccccc1-c1cc2[nH]c(=O)n(-c3cncc4ccccc34)c(=O)c2s1. The minimum Gasteiger partial charge on any atom is -0.380 e. The lowest BCUT2D eigenvalue weighted by atomic mass is 10.1. The Labute approximate surface area is 175 Å². The Kier molecular flexibility index (Phi) is 4.54. The van der Waals surface area contributed by atoms with Crippen LogP contribution in [0.15, 0.2) is 76.6 Å². The third-order valence-corrected chi connectivity index (χ3v) is 6.20. The lowest BCUT2D eigenvalue weighted by molar-refractivity contribution is 0.185. The first-order chi connectivity index (χ1) is 14.7. The van der Waals surface area contributed by atoms with E-state index in [-0.39, 0.29) is 5.56 Å². The first-order valence-corrected chi connectivity index (χ1v) is 10.2. The Bertz CT molecular complexity index is 1510. The molecule has 0 amide bonds. The maximum atomic E-state index is 13.3. The second-order valence-electron chi connectivity index (χ2n) is 6.89. The van der Waals surface area contributed by atoms with Crippen molar-refractivity contribution in [2.75, 3.05) is 7.11 Å². The highest BCUT2D eigenvalue weighted by Gasteiger charge is 2.16. The summed E-state index contributed by atoms with van der Waals surface area (Å²) in [6.45, 7) is 0.465. The van der Waals surface area contributed by atoms with Crippen molar-refractivity contribution in [2.24, 2.45) is 0 Å². The van der Waals surface area contributed by atoms with Gasteiger partial charge >= 0.3 is 5.69 Å². The highest BCUT2D eigenvalue weighted by atomic mass is 32.1. The average molecular weight is 415 g/mol. The molecule has 0 saturated carbocycles.